The molecule has 2 aromatic carbocycles. The topological polar surface area (TPSA) is 56.6 Å². The van der Waals surface area contributed by atoms with Crippen molar-refractivity contribution >= 4 is 16.9 Å². The monoisotopic (exact) mass is 459 g/mol. The molecule has 0 saturated carbocycles. The van der Waals surface area contributed by atoms with Gasteiger partial charge in [0.05, 0.1) is 16.6 Å². The molecule has 3 heterocycles. The van der Waals surface area contributed by atoms with Gasteiger partial charge in [-0.05, 0) is 42.7 Å². The minimum Gasteiger partial charge on any atom is -0.480 e. The van der Waals surface area contributed by atoms with Crippen LogP contribution in [0.4, 0.5) is 13.2 Å². The summed E-state index contributed by atoms with van der Waals surface area (Å²) in [6.07, 6.45) is -3.01. The molecule has 5 rings (SSSR count). The van der Waals surface area contributed by atoms with Gasteiger partial charge in [-0.2, -0.15) is 13.2 Å². The van der Waals surface area contributed by atoms with Crippen molar-refractivity contribution in [3.8, 4) is 5.75 Å². The Morgan fingerprint density at radius 3 is 2.64 bits per heavy atom. The summed E-state index contributed by atoms with van der Waals surface area (Å²) in [7, 11) is 1.53. The van der Waals surface area contributed by atoms with Crippen molar-refractivity contribution in [3.05, 3.63) is 59.4 Å². The van der Waals surface area contributed by atoms with Gasteiger partial charge in [0.15, 0.2) is 6.10 Å². The Morgan fingerprint density at radius 2 is 1.94 bits per heavy atom. The number of ether oxygens (including phenoxy) is 2. The molecular weight excluding hydrogens is 435 g/mol. The minimum absolute atomic E-state index is 0.0163. The van der Waals surface area contributed by atoms with Crippen molar-refractivity contribution in [2.45, 2.75) is 44.2 Å². The van der Waals surface area contributed by atoms with E-state index in [1.807, 2.05) is 33.7 Å². The van der Waals surface area contributed by atoms with Crippen LogP contribution in [0.3, 0.4) is 0 Å². The minimum atomic E-state index is -4.42. The number of hydrogen-bond acceptors (Lipinski definition) is 4. The van der Waals surface area contributed by atoms with Gasteiger partial charge in [-0.3, -0.25) is 4.79 Å². The average molecular weight is 459 g/mol. The van der Waals surface area contributed by atoms with E-state index in [-0.39, 0.29) is 18.6 Å². The molecule has 3 aromatic rings. The number of rotatable bonds is 4. The number of hydrogen-bond donors (Lipinski definition) is 0. The quantitative estimate of drug-likeness (QED) is 0.582. The molecule has 1 fully saturated rings. The first kappa shape index (κ1) is 21.8. The SMILES string of the molecule is COCc1nc2cc(C(F)(F)F)ccc2n1C1CCN(C(=O)C2Cc3ccccc3O2)CC1. The van der Waals surface area contributed by atoms with E-state index in [2.05, 4.69) is 4.98 Å². The van der Waals surface area contributed by atoms with Gasteiger partial charge in [-0.25, -0.2) is 4.98 Å². The van der Waals surface area contributed by atoms with Crippen LogP contribution in [0.2, 0.25) is 0 Å². The summed E-state index contributed by atoms with van der Waals surface area (Å²) in [6, 6.07) is 11.3. The fourth-order valence-corrected chi connectivity index (χ4v) is 4.83. The van der Waals surface area contributed by atoms with Crippen LogP contribution in [-0.2, 0) is 28.7 Å². The molecule has 1 aromatic heterocycles. The first-order valence-corrected chi connectivity index (χ1v) is 11.0. The summed E-state index contributed by atoms with van der Waals surface area (Å²) in [5.41, 5.74) is 1.27. The van der Waals surface area contributed by atoms with Gasteiger partial charge >= 0.3 is 6.18 Å². The molecule has 0 N–H and O–H groups in total. The number of amides is 1. The predicted molar refractivity (Wildman–Crippen MR) is 115 cm³/mol. The lowest BCUT2D eigenvalue weighted by atomic mass is 10.0. The van der Waals surface area contributed by atoms with Crippen LogP contribution < -0.4 is 4.74 Å². The number of imidazole rings is 1. The number of fused-ring (bicyclic) bond motifs is 2. The molecule has 6 nitrogen and oxygen atoms in total. The molecule has 0 aliphatic carbocycles. The van der Waals surface area contributed by atoms with Crippen molar-refractivity contribution in [1.29, 1.82) is 0 Å². The van der Waals surface area contributed by atoms with Gasteiger partial charge in [0.2, 0.25) is 0 Å². The van der Waals surface area contributed by atoms with Gasteiger partial charge in [0.25, 0.3) is 5.91 Å². The van der Waals surface area contributed by atoms with E-state index in [1.165, 1.54) is 13.2 Å². The number of benzene rings is 2. The van der Waals surface area contributed by atoms with E-state index >= 15 is 0 Å². The summed E-state index contributed by atoms with van der Waals surface area (Å²) in [5.74, 6) is 1.33. The third-order valence-electron chi connectivity index (χ3n) is 6.43. The van der Waals surface area contributed by atoms with Gasteiger partial charge in [0.1, 0.15) is 18.2 Å². The molecule has 1 atom stereocenters. The van der Waals surface area contributed by atoms with Gasteiger partial charge in [0, 0.05) is 32.7 Å². The zero-order valence-corrected chi connectivity index (χ0v) is 18.1. The van der Waals surface area contributed by atoms with Gasteiger partial charge in [-0.1, -0.05) is 18.2 Å². The zero-order chi connectivity index (χ0) is 23.2. The average Bonchev–Trinajstić information content (AvgIpc) is 3.39. The number of carbonyl (C=O) groups excluding carboxylic acids is 1. The van der Waals surface area contributed by atoms with E-state index < -0.39 is 17.8 Å². The van der Waals surface area contributed by atoms with Crippen molar-refractivity contribution in [2.24, 2.45) is 0 Å². The van der Waals surface area contributed by atoms with Gasteiger partial charge < -0.3 is 18.9 Å². The number of likely N-dealkylation sites (tertiary alicyclic amines) is 1. The third-order valence-corrected chi connectivity index (χ3v) is 6.43. The first-order chi connectivity index (χ1) is 15.8. The van der Waals surface area contributed by atoms with Gasteiger partial charge in [-0.15, -0.1) is 0 Å². The third kappa shape index (κ3) is 4.06. The molecule has 1 saturated heterocycles. The highest BCUT2D eigenvalue weighted by molar-refractivity contribution is 5.83. The maximum atomic E-state index is 13.2. The van der Waals surface area contributed by atoms with Crippen molar-refractivity contribution in [2.75, 3.05) is 20.2 Å². The Balaban J connectivity index is 1.33. The highest BCUT2D eigenvalue weighted by atomic mass is 19.4. The van der Waals surface area contributed by atoms with E-state index in [1.54, 1.807) is 0 Å². The zero-order valence-electron chi connectivity index (χ0n) is 18.1. The molecule has 0 bridgehead atoms. The van der Waals surface area contributed by atoms with Crippen molar-refractivity contribution < 1.29 is 27.4 Å². The lowest BCUT2D eigenvalue weighted by Crippen LogP contribution is -2.45. The summed E-state index contributed by atoms with van der Waals surface area (Å²) in [6.45, 7) is 1.29. The number of halogens is 3. The second-order valence-electron chi connectivity index (χ2n) is 8.51. The highest BCUT2D eigenvalue weighted by Crippen LogP contribution is 2.35. The second kappa shape index (κ2) is 8.37. The van der Waals surface area contributed by atoms with Crippen molar-refractivity contribution in [1.82, 2.24) is 14.5 Å². The number of nitrogens with zero attached hydrogens (tertiary/aromatic N) is 3. The fraction of sp³-hybridized carbons (Fsp3) is 0.417. The number of carbonyl (C=O) groups is 1. The predicted octanol–water partition coefficient (Wildman–Crippen LogP) is 4.37. The number of aromatic nitrogens is 2. The lowest BCUT2D eigenvalue weighted by Gasteiger charge is -2.34. The molecule has 9 heteroatoms. The molecule has 33 heavy (non-hydrogen) atoms. The Hall–Kier alpha value is -3.07. The molecular formula is C24H24F3N3O3. The Morgan fingerprint density at radius 1 is 1.18 bits per heavy atom. The molecule has 174 valence electrons. The maximum absolute atomic E-state index is 13.2. The van der Waals surface area contributed by atoms with E-state index in [0.29, 0.717) is 49.2 Å². The van der Waals surface area contributed by atoms with Crippen LogP contribution in [0.1, 0.15) is 35.8 Å². The Bertz CT molecular complexity index is 1160. The van der Waals surface area contributed by atoms with Crippen LogP contribution in [0.5, 0.6) is 5.75 Å². The second-order valence-corrected chi connectivity index (χ2v) is 8.51. The Labute approximate surface area is 188 Å². The molecule has 0 spiro atoms. The first-order valence-electron chi connectivity index (χ1n) is 11.0. The fourth-order valence-electron chi connectivity index (χ4n) is 4.83. The molecule has 0 radical (unpaired) electrons. The number of alkyl halides is 3. The van der Waals surface area contributed by atoms with Crippen molar-refractivity contribution in [3.63, 3.8) is 0 Å². The maximum Gasteiger partial charge on any atom is 0.416 e. The van der Waals surface area contributed by atoms with E-state index in [4.69, 9.17) is 9.47 Å². The largest absolute Gasteiger partial charge is 0.480 e. The Kier molecular flexibility index (Phi) is 5.52. The summed E-state index contributed by atoms with van der Waals surface area (Å²) < 4.78 is 52.5. The highest BCUT2D eigenvalue weighted by Gasteiger charge is 2.35. The van der Waals surface area contributed by atoms with E-state index in [0.717, 1.165) is 23.4 Å². The normalized spacial score (nSPS) is 19.0. The smallest absolute Gasteiger partial charge is 0.416 e. The van der Waals surface area contributed by atoms with Crippen LogP contribution in [0, 0.1) is 0 Å². The number of piperidine rings is 1. The summed E-state index contributed by atoms with van der Waals surface area (Å²) in [4.78, 5) is 19.3. The number of para-hydroxylation sites is 1. The van der Waals surface area contributed by atoms with Crippen LogP contribution in [0.25, 0.3) is 11.0 Å². The molecule has 2 aliphatic rings. The summed E-state index contributed by atoms with van der Waals surface area (Å²) >= 11 is 0. The van der Waals surface area contributed by atoms with Crippen LogP contribution >= 0.6 is 0 Å². The van der Waals surface area contributed by atoms with Crippen LogP contribution in [0.15, 0.2) is 42.5 Å². The number of methoxy groups -OCH3 is 1. The molecule has 1 unspecified atom stereocenters. The van der Waals surface area contributed by atoms with E-state index in [9.17, 15) is 18.0 Å². The molecule has 2 aliphatic heterocycles. The molecule has 1 amide bonds. The van der Waals surface area contributed by atoms with Crippen LogP contribution in [-0.4, -0.2) is 46.7 Å². The summed E-state index contributed by atoms with van der Waals surface area (Å²) in [5, 5.41) is 0. The lowest BCUT2D eigenvalue weighted by molar-refractivity contribution is -0.139. The standard InChI is InChI=1S/C24H24F3N3O3/c1-32-14-22-28-18-13-16(24(25,26)27)6-7-19(18)30(22)17-8-10-29(11-9-17)23(31)21-12-15-4-2-3-5-20(15)33-21/h2-7,13,17,21H,8-12,14H2,1H3.